The summed E-state index contributed by atoms with van der Waals surface area (Å²) in [5.74, 6) is 1.16. The van der Waals surface area contributed by atoms with Crippen molar-refractivity contribution in [3.63, 3.8) is 0 Å². The second-order valence-corrected chi connectivity index (χ2v) is 8.01. The van der Waals surface area contributed by atoms with Gasteiger partial charge in [-0.3, -0.25) is 4.79 Å². The van der Waals surface area contributed by atoms with Gasteiger partial charge in [-0.2, -0.15) is 0 Å². The molecule has 1 heterocycles. The average Bonchev–Trinajstić information content (AvgIpc) is 2.68. The van der Waals surface area contributed by atoms with Gasteiger partial charge in [0.15, 0.2) is 0 Å². The molecular formula is C24H27NO3. The molecule has 1 amide bonds. The van der Waals surface area contributed by atoms with Gasteiger partial charge in [0.1, 0.15) is 5.75 Å². The number of ether oxygens (including phenoxy) is 1. The summed E-state index contributed by atoms with van der Waals surface area (Å²) in [6, 6.07) is 12.2. The molecule has 2 aromatic rings. The van der Waals surface area contributed by atoms with Gasteiger partial charge in [0.2, 0.25) is 5.91 Å². The molecule has 4 heteroatoms. The molecule has 0 bridgehead atoms. The zero-order valence-corrected chi connectivity index (χ0v) is 16.5. The summed E-state index contributed by atoms with van der Waals surface area (Å²) in [6.45, 7) is 4.90. The van der Waals surface area contributed by atoms with E-state index in [0.717, 1.165) is 41.0 Å². The SMILES string of the molecule is CC(C)c1ccc2c(c1)OCC/C2=C\C(=O)Nc1cccc2c1CC(O)CC2. The van der Waals surface area contributed by atoms with Crippen LogP contribution in [0.4, 0.5) is 5.69 Å². The third-order valence-electron chi connectivity index (χ3n) is 5.67. The molecule has 1 aliphatic carbocycles. The largest absolute Gasteiger partial charge is 0.493 e. The molecule has 146 valence electrons. The fourth-order valence-electron chi connectivity index (χ4n) is 4.05. The van der Waals surface area contributed by atoms with Crippen LogP contribution in [0, 0.1) is 0 Å². The molecular weight excluding hydrogens is 350 g/mol. The lowest BCUT2D eigenvalue weighted by molar-refractivity contribution is -0.111. The van der Waals surface area contributed by atoms with E-state index in [1.807, 2.05) is 12.1 Å². The number of aliphatic hydroxyl groups excluding tert-OH is 1. The molecule has 0 spiro atoms. The highest BCUT2D eigenvalue weighted by molar-refractivity contribution is 6.05. The Morgan fingerprint density at radius 1 is 1.25 bits per heavy atom. The van der Waals surface area contributed by atoms with E-state index in [0.29, 0.717) is 25.4 Å². The summed E-state index contributed by atoms with van der Waals surface area (Å²) in [5.41, 5.74) is 6.31. The van der Waals surface area contributed by atoms with Crippen molar-refractivity contribution in [1.29, 1.82) is 0 Å². The van der Waals surface area contributed by atoms with Crippen LogP contribution in [0.3, 0.4) is 0 Å². The molecule has 0 saturated heterocycles. The first-order chi connectivity index (χ1) is 13.5. The Labute approximate surface area is 166 Å². The summed E-state index contributed by atoms with van der Waals surface area (Å²) in [5, 5.41) is 13.0. The Morgan fingerprint density at radius 3 is 2.93 bits per heavy atom. The monoisotopic (exact) mass is 377 g/mol. The van der Waals surface area contributed by atoms with E-state index in [1.165, 1.54) is 11.1 Å². The Bertz CT molecular complexity index is 929. The van der Waals surface area contributed by atoms with Crippen LogP contribution >= 0.6 is 0 Å². The molecule has 4 rings (SSSR count). The maximum Gasteiger partial charge on any atom is 0.248 e. The van der Waals surface area contributed by atoms with E-state index in [2.05, 4.69) is 43.4 Å². The van der Waals surface area contributed by atoms with Gasteiger partial charge in [0.25, 0.3) is 0 Å². The number of fused-ring (bicyclic) bond motifs is 2. The number of hydrogen-bond acceptors (Lipinski definition) is 3. The molecule has 2 aromatic carbocycles. The van der Waals surface area contributed by atoms with Crippen LogP contribution in [0.5, 0.6) is 5.75 Å². The predicted molar refractivity (Wildman–Crippen MR) is 112 cm³/mol. The zero-order valence-electron chi connectivity index (χ0n) is 16.5. The topological polar surface area (TPSA) is 58.6 Å². The molecule has 0 radical (unpaired) electrons. The van der Waals surface area contributed by atoms with Crippen molar-refractivity contribution in [2.24, 2.45) is 0 Å². The van der Waals surface area contributed by atoms with Crippen LogP contribution in [-0.2, 0) is 17.6 Å². The zero-order chi connectivity index (χ0) is 19.7. The number of nitrogens with one attached hydrogen (secondary N) is 1. The number of aliphatic hydroxyl groups is 1. The molecule has 2 N–H and O–H groups in total. The Morgan fingerprint density at radius 2 is 2.11 bits per heavy atom. The summed E-state index contributed by atoms with van der Waals surface area (Å²) >= 11 is 0. The molecule has 1 atom stereocenters. The number of rotatable bonds is 3. The highest BCUT2D eigenvalue weighted by Gasteiger charge is 2.21. The number of benzene rings is 2. The molecule has 1 unspecified atom stereocenters. The van der Waals surface area contributed by atoms with Crippen LogP contribution in [0.15, 0.2) is 42.5 Å². The third kappa shape index (κ3) is 3.83. The maximum atomic E-state index is 12.7. The van der Waals surface area contributed by atoms with Gasteiger partial charge in [-0.05, 0) is 53.2 Å². The van der Waals surface area contributed by atoms with Gasteiger partial charge in [0.05, 0.1) is 12.7 Å². The van der Waals surface area contributed by atoms with Crippen molar-refractivity contribution in [3.8, 4) is 5.75 Å². The fourth-order valence-corrected chi connectivity index (χ4v) is 4.05. The van der Waals surface area contributed by atoms with E-state index < -0.39 is 0 Å². The lowest BCUT2D eigenvalue weighted by Crippen LogP contribution is -2.21. The number of aryl methyl sites for hydroxylation is 1. The number of hydrogen-bond donors (Lipinski definition) is 2. The van der Waals surface area contributed by atoms with Crippen molar-refractivity contribution >= 4 is 17.2 Å². The van der Waals surface area contributed by atoms with Crippen LogP contribution in [0.1, 0.15) is 54.9 Å². The van der Waals surface area contributed by atoms with Gasteiger partial charge in [-0.1, -0.05) is 38.1 Å². The Hall–Kier alpha value is -2.59. The normalized spacial score (nSPS) is 19.7. The van der Waals surface area contributed by atoms with E-state index in [9.17, 15) is 9.90 Å². The smallest absolute Gasteiger partial charge is 0.248 e. The third-order valence-corrected chi connectivity index (χ3v) is 5.67. The fraction of sp³-hybridized carbons (Fsp3) is 0.375. The highest BCUT2D eigenvalue weighted by Crippen LogP contribution is 2.35. The van der Waals surface area contributed by atoms with Crippen LogP contribution in [-0.4, -0.2) is 23.7 Å². The summed E-state index contributed by atoms with van der Waals surface area (Å²) in [6.07, 6.45) is 4.30. The first-order valence-corrected chi connectivity index (χ1v) is 10.1. The molecule has 0 aromatic heterocycles. The number of anilines is 1. The quantitative estimate of drug-likeness (QED) is 0.776. The van der Waals surface area contributed by atoms with Crippen molar-refractivity contribution < 1.29 is 14.6 Å². The lowest BCUT2D eigenvalue weighted by Gasteiger charge is -2.24. The Kier molecular flexibility index (Phi) is 5.23. The molecule has 1 aliphatic heterocycles. The van der Waals surface area contributed by atoms with Crippen LogP contribution in [0.25, 0.3) is 5.57 Å². The maximum absolute atomic E-state index is 12.7. The average molecular weight is 377 g/mol. The number of amides is 1. The molecule has 2 aliphatic rings. The van der Waals surface area contributed by atoms with Crippen LogP contribution < -0.4 is 10.1 Å². The molecule has 28 heavy (non-hydrogen) atoms. The summed E-state index contributed by atoms with van der Waals surface area (Å²) in [4.78, 5) is 12.7. The van der Waals surface area contributed by atoms with Crippen molar-refractivity contribution in [2.75, 3.05) is 11.9 Å². The standard InChI is InChI=1S/C24H27NO3/c1-15(2)17-7-9-20-18(10-11-28-23(20)12-17)13-24(27)25-22-5-3-4-16-6-8-19(26)14-21(16)22/h3-5,7,9,12-13,15,19,26H,6,8,10-11,14H2,1-2H3,(H,25,27)/b18-13+. The number of carbonyl (C=O) groups is 1. The number of carbonyl (C=O) groups excluding carboxylic acids is 1. The molecule has 0 fully saturated rings. The van der Waals surface area contributed by atoms with E-state index in [1.54, 1.807) is 6.08 Å². The van der Waals surface area contributed by atoms with E-state index >= 15 is 0 Å². The second kappa shape index (κ2) is 7.80. The second-order valence-electron chi connectivity index (χ2n) is 8.01. The minimum absolute atomic E-state index is 0.135. The van der Waals surface area contributed by atoms with Gasteiger partial charge in [-0.15, -0.1) is 0 Å². The first kappa shape index (κ1) is 18.8. The van der Waals surface area contributed by atoms with Crippen LogP contribution in [0.2, 0.25) is 0 Å². The minimum Gasteiger partial charge on any atom is -0.493 e. The highest BCUT2D eigenvalue weighted by atomic mass is 16.5. The van der Waals surface area contributed by atoms with Gasteiger partial charge >= 0.3 is 0 Å². The van der Waals surface area contributed by atoms with Gasteiger partial charge in [0, 0.05) is 30.2 Å². The minimum atomic E-state index is -0.332. The molecule has 0 saturated carbocycles. The summed E-state index contributed by atoms with van der Waals surface area (Å²) in [7, 11) is 0. The van der Waals surface area contributed by atoms with Gasteiger partial charge in [-0.25, -0.2) is 0 Å². The van der Waals surface area contributed by atoms with Crippen molar-refractivity contribution in [2.45, 2.75) is 51.6 Å². The Balaban J connectivity index is 1.57. The van der Waals surface area contributed by atoms with Crippen molar-refractivity contribution in [1.82, 2.24) is 0 Å². The first-order valence-electron chi connectivity index (χ1n) is 10.1. The van der Waals surface area contributed by atoms with Gasteiger partial charge < -0.3 is 15.2 Å². The summed E-state index contributed by atoms with van der Waals surface area (Å²) < 4.78 is 5.83. The van der Waals surface area contributed by atoms with E-state index in [4.69, 9.17) is 4.74 Å². The van der Waals surface area contributed by atoms with E-state index in [-0.39, 0.29) is 12.0 Å². The lowest BCUT2D eigenvalue weighted by atomic mass is 9.88. The molecule has 4 nitrogen and oxygen atoms in total. The predicted octanol–water partition coefficient (Wildman–Crippen LogP) is 4.46. The van der Waals surface area contributed by atoms with Crippen molar-refractivity contribution in [3.05, 3.63) is 64.7 Å².